The van der Waals surface area contributed by atoms with Crippen LogP contribution in [0.2, 0.25) is 0 Å². The average Bonchev–Trinajstić information content (AvgIpc) is 3.34. The number of aromatic hydroxyl groups is 7. The molecule has 0 bridgehead atoms. The molecule has 0 amide bonds. The number of benzene rings is 6. The first kappa shape index (κ1) is 57.1. The third kappa shape index (κ3) is 18.7. The highest BCUT2D eigenvalue weighted by atomic mass is 16.5. The summed E-state index contributed by atoms with van der Waals surface area (Å²) in [5.41, 5.74) is 10.6. The molecule has 0 aliphatic heterocycles. The standard InChI is InChI=1S/C21H24O4.2C20H22O4/c1-14(2)4-8-19-16(11-18(23)12-17(19)13-22)7-5-15-6-9-20(24)21(10-15)25-3;1-13(2)4-8-16-18(22)10-15(11-19(16)23)6-5-14-7-9-17(21)20(12-14)24-3;1-14(2)8-9-24-18-11-16(10-17(21)13-18)5-4-15-6-7-19(22)20(12-15)23-3/h4-7,9-12,22-24H,8,13H2,1-3H3;4-7,9-12,21-23H,8H2,1-3H3;4-8,10-13,21-22H,9H2,1-3H3/b7-5+;6-5+;5-4+. The van der Waals surface area contributed by atoms with E-state index in [1.54, 1.807) is 97.1 Å². The Morgan fingerprint density at radius 3 is 1.26 bits per heavy atom. The summed E-state index contributed by atoms with van der Waals surface area (Å²) in [5.74, 6) is 2.47. The molecule has 73 heavy (non-hydrogen) atoms. The van der Waals surface area contributed by atoms with Crippen LogP contribution in [0.25, 0.3) is 36.5 Å². The van der Waals surface area contributed by atoms with Gasteiger partial charge in [-0.15, -0.1) is 0 Å². The predicted octanol–water partition coefficient (Wildman–Crippen LogP) is 13.4. The zero-order chi connectivity index (χ0) is 53.6. The van der Waals surface area contributed by atoms with E-state index in [1.165, 1.54) is 32.5 Å². The Hall–Kier alpha value is -8.48. The van der Waals surface area contributed by atoms with Crippen molar-refractivity contribution in [1.29, 1.82) is 0 Å². The van der Waals surface area contributed by atoms with Crippen LogP contribution in [0.15, 0.2) is 132 Å². The number of ether oxygens (including phenoxy) is 4. The molecule has 0 saturated heterocycles. The Balaban J connectivity index is 0.000000237. The number of phenols is 7. The van der Waals surface area contributed by atoms with Gasteiger partial charge in [-0.2, -0.15) is 0 Å². The minimum Gasteiger partial charge on any atom is -0.508 e. The van der Waals surface area contributed by atoms with E-state index in [1.807, 2.05) is 90.1 Å². The second-order valence-electron chi connectivity index (χ2n) is 17.5. The van der Waals surface area contributed by atoms with Gasteiger partial charge in [-0.05, 0) is 178 Å². The van der Waals surface area contributed by atoms with Gasteiger partial charge in [-0.25, -0.2) is 0 Å². The van der Waals surface area contributed by atoms with Crippen LogP contribution < -0.4 is 18.9 Å². The van der Waals surface area contributed by atoms with E-state index in [-0.39, 0.29) is 46.9 Å². The number of aliphatic hydroxyl groups is 1. The Labute approximate surface area is 429 Å². The molecule has 12 nitrogen and oxygen atoms in total. The van der Waals surface area contributed by atoms with Crippen molar-refractivity contribution in [2.75, 3.05) is 27.9 Å². The van der Waals surface area contributed by atoms with Gasteiger partial charge in [-0.3, -0.25) is 0 Å². The molecule has 8 N–H and O–H groups in total. The minimum absolute atomic E-state index is 0.0652. The summed E-state index contributed by atoms with van der Waals surface area (Å²) in [6, 6.07) is 26.8. The van der Waals surface area contributed by atoms with Crippen LogP contribution >= 0.6 is 0 Å². The number of hydrogen-bond donors (Lipinski definition) is 8. The molecule has 0 fully saturated rings. The van der Waals surface area contributed by atoms with E-state index in [2.05, 4.69) is 6.08 Å². The van der Waals surface area contributed by atoms with Crippen LogP contribution in [0.3, 0.4) is 0 Å². The molecule has 6 rings (SSSR count). The molecule has 0 heterocycles. The maximum Gasteiger partial charge on any atom is 0.161 e. The van der Waals surface area contributed by atoms with Crippen molar-refractivity contribution < 1.29 is 59.8 Å². The summed E-state index contributed by atoms with van der Waals surface area (Å²) in [6.45, 7) is 12.3. The molecule has 0 unspecified atom stereocenters. The molecule has 12 heteroatoms. The van der Waals surface area contributed by atoms with Gasteiger partial charge < -0.3 is 59.8 Å². The van der Waals surface area contributed by atoms with Gasteiger partial charge in [0.05, 0.1) is 27.9 Å². The quantitative estimate of drug-likeness (QED) is 0.0318. The molecule has 384 valence electrons. The van der Waals surface area contributed by atoms with Crippen LogP contribution in [0, 0.1) is 0 Å². The molecule has 6 aromatic rings. The summed E-state index contributed by atoms with van der Waals surface area (Å²) in [4.78, 5) is 0. The zero-order valence-corrected chi connectivity index (χ0v) is 43.0. The van der Waals surface area contributed by atoms with Gasteiger partial charge in [-0.1, -0.05) is 83.5 Å². The van der Waals surface area contributed by atoms with Crippen molar-refractivity contribution in [2.24, 2.45) is 0 Å². The topological polar surface area (TPSA) is 199 Å². The van der Waals surface area contributed by atoms with Crippen LogP contribution in [-0.4, -0.2) is 68.8 Å². The van der Waals surface area contributed by atoms with Crippen molar-refractivity contribution in [3.05, 3.63) is 182 Å². The first-order valence-electron chi connectivity index (χ1n) is 23.4. The molecule has 0 radical (unpaired) electrons. The fraction of sp³-hybridized carbons (Fsp3) is 0.213. The van der Waals surface area contributed by atoms with E-state index < -0.39 is 0 Å². The lowest BCUT2D eigenvalue weighted by Gasteiger charge is -2.11. The monoisotopic (exact) mass is 992 g/mol. The molecule has 0 atom stereocenters. The van der Waals surface area contributed by atoms with Crippen LogP contribution in [-0.2, 0) is 19.4 Å². The highest BCUT2D eigenvalue weighted by molar-refractivity contribution is 5.75. The maximum absolute atomic E-state index is 10.1. The molecule has 0 aromatic heterocycles. The number of allylic oxidation sites excluding steroid dienone is 5. The third-order valence-corrected chi connectivity index (χ3v) is 10.8. The highest BCUT2D eigenvalue weighted by Crippen LogP contribution is 2.33. The number of aliphatic hydroxyl groups excluding tert-OH is 1. The second-order valence-corrected chi connectivity index (χ2v) is 17.5. The van der Waals surface area contributed by atoms with Crippen molar-refractivity contribution in [2.45, 2.75) is 61.0 Å². The first-order chi connectivity index (χ1) is 34.8. The van der Waals surface area contributed by atoms with Gasteiger partial charge >= 0.3 is 0 Å². The van der Waals surface area contributed by atoms with E-state index in [0.29, 0.717) is 59.1 Å². The number of rotatable bonds is 17. The first-order valence-corrected chi connectivity index (χ1v) is 23.4. The molecule has 6 aromatic carbocycles. The highest BCUT2D eigenvalue weighted by Gasteiger charge is 2.11. The predicted molar refractivity (Wildman–Crippen MR) is 294 cm³/mol. The molecule has 0 saturated carbocycles. The van der Waals surface area contributed by atoms with Crippen molar-refractivity contribution >= 4 is 36.5 Å². The molecule has 0 spiro atoms. The molecule has 0 aliphatic carbocycles. The van der Waals surface area contributed by atoms with Gasteiger partial charge in [0.2, 0.25) is 0 Å². The van der Waals surface area contributed by atoms with E-state index in [0.717, 1.165) is 39.0 Å². The SMILES string of the molecule is COc1cc(/C=C/c2cc(O)c(CC=C(C)C)c(O)c2)ccc1O.COc1cc(/C=C/c2cc(O)cc(CO)c2CC=C(C)C)ccc1O.COc1cc(/C=C/c2cc(O)cc(OCC=C(C)C)c2)ccc1O. The Morgan fingerprint density at radius 1 is 0.411 bits per heavy atom. The Kier molecular flexibility index (Phi) is 22.2. The Bertz CT molecular complexity index is 2960. The van der Waals surface area contributed by atoms with Gasteiger partial charge in [0.25, 0.3) is 0 Å². The summed E-state index contributed by atoms with van der Waals surface area (Å²) in [5, 5.41) is 78.5. The second kappa shape index (κ2) is 28.4. The number of phenolic OH excluding ortho intramolecular Hbond substituents is 7. The molecular formula is C61H68O12. The molecular weight excluding hydrogens is 925 g/mol. The van der Waals surface area contributed by atoms with Gasteiger partial charge in [0, 0.05) is 11.6 Å². The van der Waals surface area contributed by atoms with E-state index >= 15 is 0 Å². The lowest BCUT2D eigenvalue weighted by molar-refractivity contribution is 0.280. The number of methoxy groups -OCH3 is 3. The number of hydrogen-bond acceptors (Lipinski definition) is 12. The summed E-state index contributed by atoms with van der Waals surface area (Å²) >= 11 is 0. The summed E-state index contributed by atoms with van der Waals surface area (Å²) in [7, 11) is 4.50. The van der Waals surface area contributed by atoms with Crippen molar-refractivity contribution in [3.8, 4) is 63.2 Å². The maximum atomic E-state index is 10.1. The Morgan fingerprint density at radius 2 is 0.822 bits per heavy atom. The summed E-state index contributed by atoms with van der Waals surface area (Å²) in [6.07, 6.45) is 18.3. The smallest absolute Gasteiger partial charge is 0.161 e. The fourth-order valence-corrected chi connectivity index (χ4v) is 6.91. The van der Waals surface area contributed by atoms with Crippen LogP contribution in [0.4, 0.5) is 0 Å². The normalized spacial score (nSPS) is 10.8. The van der Waals surface area contributed by atoms with Crippen LogP contribution in [0.5, 0.6) is 63.2 Å². The van der Waals surface area contributed by atoms with Crippen molar-refractivity contribution in [1.82, 2.24) is 0 Å². The average molecular weight is 993 g/mol. The third-order valence-electron chi connectivity index (χ3n) is 10.8. The lowest BCUT2D eigenvalue weighted by Crippen LogP contribution is -1.97. The van der Waals surface area contributed by atoms with E-state index in [4.69, 9.17) is 18.9 Å². The fourth-order valence-electron chi connectivity index (χ4n) is 6.91. The van der Waals surface area contributed by atoms with E-state index in [9.17, 15) is 40.9 Å². The molecule has 0 aliphatic rings. The van der Waals surface area contributed by atoms with Gasteiger partial charge in [0.1, 0.15) is 35.4 Å². The van der Waals surface area contributed by atoms with Crippen molar-refractivity contribution in [3.63, 3.8) is 0 Å². The van der Waals surface area contributed by atoms with Gasteiger partial charge in [0.15, 0.2) is 34.5 Å². The lowest BCUT2D eigenvalue weighted by atomic mass is 9.96. The van der Waals surface area contributed by atoms with Crippen LogP contribution in [0.1, 0.15) is 91.6 Å². The zero-order valence-electron chi connectivity index (χ0n) is 43.0. The largest absolute Gasteiger partial charge is 0.508 e. The summed E-state index contributed by atoms with van der Waals surface area (Å²) < 4.78 is 20.9. The minimum atomic E-state index is -0.131.